The average molecular weight is 422 g/mol. The summed E-state index contributed by atoms with van der Waals surface area (Å²) in [5, 5.41) is 7.13. The van der Waals surface area contributed by atoms with Gasteiger partial charge in [-0.15, -0.1) is 5.10 Å². The SMILES string of the molecule is NC(=O)C1CCCN(Cc2cccc(NC(=O)CCn3nc4ccccn4c3=O)c2)C1. The predicted octanol–water partition coefficient (Wildman–Crippen LogP) is 1.22. The van der Waals surface area contributed by atoms with Crippen LogP contribution in [0.5, 0.6) is 0 Å². The minimum atomic E-state index is -0.263. The maximum Gasteiger partial charge on any atom is 0.350 e. The number of nitrogens with one attached hydrogen (secondary N) is 1. The zero-order valence-corrected chi connectivity index (χ0v) is 17.2. The predicted molar refractivity (Wildman–Crippen MR) is 116 cm³/mol. The first-order valence-electron chi connectivity index (χ1n) is 10.4. The zero-order chi connectivity index (χ0) is 21.8. The van der Waals surface area contributed by atoms with Crippen molar-refractivity contribution in [3.63, 3.8) is 0 Å². The molecule has 0 aliphatic carbocycles. The maximum atomic E-state index is 12.4. The number of fused-ring (bicyclic) bond motifs is 1. The number of likely N-dealkylation sites (tertiary alicyclic amines) is 1. The molecule has 162 valence electrons. The molecule has 0 spiro atoms. The fourth-order valence-corrected chi connectivity index (χ4v) is 3.98. The summed E-state index contributed by atoms with van der Waals surface area (Å²) in [6.07, 6.45) is 3.59. The number of piperidine rings is 1. The van der Waals surface area contributed by atoms with E-state index in [2.05, 4.69) is 15.3 Å². The van der Waals surface area contributed by atoms with Crippen LogP contribution in [-0.2, 0) is 22.7 Å². The molecule has 0 saturated carbocycles. The average Bonchev–Trinajstić information content (AvgIpc) is 3.08. The summed E-state index contributed by atoms with van der Waals surface area (Å²) in [4.78, 5) is 38.4. The zero-order valence-electron chi connectivity index (χ0n) is 17.2. The lowest BCUT2D eigenvalue weighted by Crippen LogP contribution is -2.40. The molecule has 0 bridgehead atoms. The molecular formula is C22H26N6O3. The van der Waals surface area contributed by atoms with Crippen molar-refractivity contribution in [3.05, 3.63) is 64.7 Å². The van der Waals surface area contributed by atoms with Gasteiger partial charge in [-0.2, -0.15) is 0 Å². The van der Waals surface area contributed by atoms with E-state index in [9.17, 15) is 14.4 Å². The van der Waals surface area contributed by atoms with Crippen LogP contribution in [-0.4, -0.2) is 44.0 Å². The van der Waals surface area contributed by atoms with Crippen LogP contribution in [0.25, 0.3) is 5.65 Å². The third kappa shape index (κ3) is 5.00. The van der Waals surface area contributed by atoms with Crippen molar-refractivity contribution in [1.82, 2.24) is 19.1 Å². The number of amides is 2. The molecule has 1 atom stereocenters. The smallest absolute Gasteiger partial charge is 0.350 e. The van der Waals surface area contributed by atoms with E-state index in [-0.39, 0.29) is 36.4 Å². The van der Waals surface area contributed by atoms with Crippen molar-refractivity contribution in [2.45, 2.75) is 32.4 Å². The first-order valence-corrected chi connectivity index (χ1v) is 10.4. The summed E-state index contributed by atoms with van der Waals surface area (Å²) in [5.74, 6) is -0.525. The molecule has 1 aliphatic heterocycles. The van der Waals surface area contributed by atoms with Crippen LogP contribution in [0, 0.1) is 5.92 Å². The van der Waals surface area contributed by atoms with Gasteiger partial charge >= 0.3 is 5.69 Å². The maximum absolute atomic E-state index is 12.4. The van der Waals surface area contributed by atoms with Crippen molar-refractivity contribution >= 4 is 23.1 Å². The van der Waals surface area contributed by atoms with Crippen LogP contribution in [0.15, 0.2) is 53.5 Å². The van der Waals surface area contributed by atoms with Gasteiger partial charge in [0.05, 0.1) is 12.5 Å². The molecule has 0 radical (unpaired) electrons. The minimum absolute atomic E-state index is 0.0975. The number of carbonyl (C=O) groups is 2. The van der Waals surface area contributed by atoms with Gasteiger partial charge in [-0.25, -0.2) is 9.48 Å². The number of hydrogen-bond donors (Lipinski definition) is 2. The van der Waals surface area contributed by atoms with Crippen LogP contribution >= 0.6 is 0 Å². The number of anilines is 1. The number of nitrogens with zero attached hydrogens (tertiary/aromatic N) is 4. The lowest BCUT2D eigenvalue weighted by atomic mass is 9.97. The molecule has 2 amide bonds. The van der Waals surface area contributed by atoms with Gasteiger partial charge < -0.3 is 11.1 Å². The highest BCUT2D eigenvalue weighted by Crippen LogP contribution is 2.20. The van der Waals surface area contributed by atoms with E-state index in [4.69, 9.17) is 5.73 Å². The highest BCUT2D eigenvalue weighted by atomic mass is 16.2. The van der Waals surface area contributed by atoms with Crippen LogP contribution < -0.4 is 16.7 Å². The molecule has 1 saturated heterocycles. The van der Waals surface area contributed by atoms with Gasteiger partial charge in [0.15, 0.2) is 5.65 Å². The summed E-state index contributed by atoms with van der Waals surface area (Å²) in [5.41, 5.74) is 7.51. The molecule has 1 aliphatic rings. The Morgan fingerprint density at radius 1 is 1.19 bits per heavy atom. The Bertz CT molecular complexity index is 1150. The summed E-state index contributed by atoms with van der Waals surface area (Å²) in [7, 11) is 0. The quantitative estimate of drug-likeness (QED) is 0.594. The van der Waals surface area contributed by atoms with E-state index in [1.165, 1.54) is 9.08 Å². The molecular weight excluding hydrogens is 396 g/mol. The molecule has 3 aromatic rings. The van der Waals surface area contributed by atoms with E-state index >= 15 is 0 Å². The monoisotopic (exact) mass is 422 g/mol. The van der Waals surface area contributed by atoms with Gasteiger partial charge in [0.1, 0.15) is 0 Å². The van der Waals surface area contributed by atoms with Crippen LogP contribution in [0.2, 0.25) is 0 Å². The van der Waals surface area contributed by atoms with Crippen LogP contribution in [0.4, 0.5) is 5.69 Å². The van der Waals surface area contributed by atoms with Crippen molar-refractivity contribution in [3.8, 4) is 0 Å². The van der Waals surface area contributed by atoms with E-state index < -0.39 is 0 Å². The van der Waals surface area contributed by atoms with Crippen molar-refractivity contribution in [2.24, 2.45) is 11.7 Å². The number of pyridine rings is 1. The summed E-state index contributed by atoms with van der Waals surface area (Å²) < 4.78 is 2.75. The number of hydrogen-bond acceptors (Lipinski definition) is 5. The molecule has 3 N–H and O–H groups in total. The number of aryl methyl sites for hydroxylation is 1. The normalized spacial score (nSPS) is 17.0. The topological polar surface area (TPSA) is 115 Å². The number of aromatic nitrogens is 3. The van der Waals surface area contributed by atoms with E-state index in [0.717, 1.165) is 24.9 Å². The Morgan fingerprint density at radius 2 is 2.06 bits per heavy atom. The number of carbonyl (C=O) groups excluding carboxylic acids is 2. The van der Waals surface area contributed by atoms with Gasteiger partial charge in [0.2, 0.25) is 11.8 Å². The number of nitrogens with two attached hydrogens (primary N) is 1. The lowest BCUT2D eigenvalue weighted by molar-refractivity contribution is -0.123. The Morgan fingerprint density at radius 3 is 2.87 bits per heavy atom. The second-order valence-corrected chi connectivity index (χ2v) is 7.91. The van der Waals surface area contributed by atoms with Gasteiger partial charge in [-0.3, -0.25) is 18.9 Å². The van der Waals surface area contributed by atoms with Gasteiger partial charge in [0, 0.05) is 31.4 Å². The summed E-state index contributed by atoms with van der Waals surface area (Å²) >= 11 is 0. The molecule has 3 heterocycles. The third-order valence-electron chi connectivity index (χ3n) is 5.56. The van der Waals surface area contributed by atoms with E-state index in [1.54, 1.807) is 18.3 Å². The van der Waals surface area contributed by atoms with Crippen LogP contribution in [0.1, 0.15) is 24.8 Å². The molecule has 1 unspecified atom stereocenters. The highest BCUT2D eigenvalue weighted by Gasteiger charge is 2.23. The molecule has 1 fully saturated rings. The molecule has 4 rings (SSSR count). The summed E-state index contributed by atoms with van der Waals surface area (Å²) in [6, 6.07) is 13.0. The van der Waals surface area contributed by atoms with Gasteiger partial charge in [0.25, 0.3) is 0 Å². The van der Waals surface area contributed by atoms with E-state index in [1.807, 2.05) is 30.3 Å². The van der Waals surface area contributed by atoms with E-state index in [0.29, 0.717) is 24.4 Å². The largest absolute Gasteiger partial charge is 0.369 e. The van der Waals surface area contributed by atoms with Crippen molar-refractivity contribution < 1.29 is 9.59 Å². The van der Waals surface area contributed by atoms with Crippen molar-refractivity contribution in [2.75, 3.05) is 18.4 Å². The van der Waals surface area contributed by atoms with Crippen LogP contribution in [0.3, 0.4) is 0 Å². The number of rotatable bonds is 7. The first kappa shape index (κ1) is 20.8. The highest BCUT2D eigenvalue weighted by molar-refractivity contribution is 5.90. The molecule has 9 heteroatoms. The Hall–Kier alpha value is -3.46. The Kier molecular flexibility index (Phi) is 6.13. The lowest BCUT2D eigenvalue weighted by Gasteiger charge is -2.31. The standard InChI is InChI=1S/C22H26N6O3/c23-21(30)17-6-4-10-26(15-17)14-16-5-3-7-18(13-16)24-20(29)9-12-28-22(31)27-11-2-1-8-19(27)25-28/h1-3,5,7-8,11,13,17H,4,6,9-10,12,14-15H2,(H2,23,30)(H,24,29). The molecule has 1 aromatic carbocycles. The van der Waals surface area contributed by atoms with Crippen molar-refractivity contribution in [1.29, 1.82) is 0 Å². The molecule has 31 heavy (non-hydrogen) atoms. The number of primary amides is 1. The second-order valence-electron chi connectivity index (χ2n) is 7.91. The van der Waals surface area contributed by atoms with Gasteiger partial charge in [-0.1, -0.05) is 18.2 Å². The molecule has 2 aromatic heterocycles. The van der Waals surface area contributed by atoms with Gasteiger partial charge in [-0.05, 0) is 49.2 Å². The molecule has 9 nitrogen and oxygen atoms in total. The minimum Gasteiger partial charge on any atom is -0.369 e. The Labute approximate surface area is 179 Å². The third-order valence-corrected chi connectivity index (χ3v) is 5.56. The summed E-state index contributed by atoms with van der Waals surface area (Å²) in [6.45, 7) is 2.49. The first-order chi connectivity index (χ1) is 15.0. The Balaban J connectivity index is 1.34. The number of benzene rings is 1. The fourth-order valence-electron chi connectivity index (χ4n) is 3.98. The fraction of sp³-hybridized carbons (Fsp3) is 0.364. The second kappa shape index (κ2) is 9.13.